The highest BCUT2D eigenvalue weighted by molar-refractivity contribution is 6.42. The summed E-state index contributed by atoms with van der Waals surface area (Å²) in [6.45, 7) is 3.54. The zero-order chi connectivity index (χ0) is 18.7. The number of benzene rings is 2. The van der Waals surface area contributed by atoms with Crippen LogP contribution in [0, 0.1) is 0 Å². The molecule has 3 rings (SSSR count). The number of nitrogens with one attached hydrogen (secondary N) is 1. The fourth-order valence-electron chi connectivity index (χ4n) is 2.82. The Bertz CT molecular complexity index is 807. The van der Waals surface area contributed by atoms with E-state index in [1.54, 1.807) is 24.3 Å². The SMILES string of the molecule is O=C(CN1CCN(c2ccc(Cl)c(Cl)c2)CC1)Nc1ccc(Cl)c(Cl)c1. The summed E-state index contributed by atoms with van der Waals surface area (Å²) in [5.74, 6) is -0.0774. The largest absolute Gasteiger partial charge is 0.369 e. The van der Waals surface area contributed by atoms with E-state index in [1.165, 1.54) is 0 Å². The Hall–Kier alpha value is -1.17. The van der Waals surface area contributed by atoms with Gasteiger partial charge in [0, 0.05) is 37.6 Å². The molecule has 1 fully saturated rings. The van der Waals surface area contributed by atoms with E-state index in [-0.39, 0.29) is 5.91 Å². The third kappa shape index (κ3) is 4.96. The molecule has 0 unspecified atom stereocenters. The third-order valence-corrected chi connectivity index (χ3v) is 5.69. The molecule has 1 saturated heterocycles. The molecule has 4 nitrogen and oxygen atoms in total. The van der Waals surface area contributed by atoms with Crippen LogP contribution in [-0.2, 0) is 4.79 Å². The maximum Gasteiger partial charge on any atom is 0.238 e. The van der Waals surface area contributed by atoms with Crippen LogP contribution in [0.5, 0.6) is 0 Å². The van der Waals surface area contributed by atoms with Gasteiger partial charge in [-0.1, -0.05) is 46.4 Å². The Morgan fingerprint density at radius 2 is 1.46 bits per heavy atom. The number of amides is 1. The zero-order valence-electron chi connectivity index (χ0n) is 13.8. The van der Waals surface area contributed by atoms with Crippen molar-refractivity contribution in [1.82, 2.24) is 4.90 Å². The van der Waals surface area contributed by atoms with Crippen molar-refractivity contribution in [2.75, 3.05) is 42.9 Å². The van der Waals surface area contributed by atoms with Crippen molar-refractivity contribution < 1.29 is 4.79 Å². The summed E-state index contributed by atoms with van der Waals surface area (Å²) in [5.41, 5.74) is 1.68. The first kappa shape index (κ1) is 19.6. The van der Waals surface area contributed by atoms with Crippen molar-refractivity contribution in [3.63, 3.8) is 0 Å². The van der Waals surface area contributed by atoms with Crippen LogP contribution in [0.2, 0.25) is 20.1 Å². The van der Waals surface area contributed by atoms with E-state index < -0.39 is 0 Å². The summed E-state index contributed by atoms with van der Waals surface area (Å²) in [7, 11) is 0. The molecule has 2 aromatic rings. The van der Waals surface area contributed by atoms with Crippen LogP contribution in [0.25, 0.3) is 0 Å². The number of anilines is 2. The average molecular weight is 433 g/mol. The molecule has 26 heavy (non-hydrogen) atoms. The lowest BCUT2D eigenvalue weighted by atomic mass is 10.2. The quantitative estimate of drug-likeness (QED) is 0.733. The van der Waals surface area contributed by atoms with Gasteiger partial charge >= 0.3 is 0 Å². The minimum atomic E-state index is -0.0774. The molecule has 0 radical (unpaired) electrons. The second-order valence-corrected chi connectivity index (χ2v) is 7.67. The molecule has 138 valence electrons. The zero-order valence-corrected chi connectivity index (χ0v) is 16.8. The average Bonchev–Trinajstić information content (AvgIpc) is 2.61. The smallest absolute Gasteiger partial charge is 0.238 e. The Morgan fingerprint density at radius 1 is 0.846 bits per heavy atom. The molecule has 0 spiro atoms. The molecule has 8 heteroatoms. The molecule has 0 saturated carbocycles. The van der Waals surface area contributed by atoms with E-state index in [9.17, 15) is 4.79 Å². The summed E-state index contributed by atoms with van der Waals surface area (Å²) in [4.78, 5) is 16.6. The van der Waals surface area contributed by atoms with Crippen molar-refractivity contribution in [2.45, 2.75) is 0 Å². The summed E-state index contributed by atoms with van der Waals surface area (Å²) in [6.07, 6.45) is 0. The highest BCUT2D eigenvalue weighted by Crippen LogP contribution is 2.28. The standard InChI is InChI=1S/C18H17Cl4N3O/c19-14-3-1-12(9-16(14)21)23-18(26)11-24-5-7-25(8-6-24)13-2-4-15(20)17(22)10-13/h1-4,9-10H,5-8,11H2,(H,23,26). The summed E-state index contributed by atoms with van der Waals surface area (Å²) in [5, 5.41) is 4.82. The lowest BCUT2D eigenvalue weighted by molar-refractivity contribution is -0.117. The van der Waals surface area contributed by atoms with Crippen LogP contribution in [0.15, 0.2) is 36.4 Å². The van der Waals surface area contributed by atoms with Gasteiger partial charge in [0.1, 0.15) is 0 Å². The first-order valence-electron chi connectivity index (χ1n) is 8.09. The molecule has 1 N–H and O–H groups in total. The van der Waals surface area contributed by atoms with E-state index in [1.807, 2.05) is 12.1 Å². The Labute approximate surface area is 172 Å². The minimum absolute atomic E-state index is 0.0774. The Morgan fingerprint density at radius 3 is 2.08 bits per heavy atom. The van der Waals surface area contributed by atoms with Gasteiger partial charge < -0.3 is 10.2 Å². The Kier molecular flexibility index (Phi) is 6.54. The maximum atomic E-state index is 12.2. The molecule has 2 aromatic carbocycles. The highest BCUT2D eigenvalue weighted by Gasteiger charge is 2.20. The predicted molar refractivity (Wildman–Crippen MR) is 110 cm³/mol. The lowest BCUT2D eigenvalue weighted by Gasteiger charge is -2.35. The topological polar surface area (TPSA) is 35.6 Å². The van der Waals surface area contributed by atoms with Gasteiger partial charge in [0.2, 0.25) is 5.91 Å². The van der Waals surface area contributed by atoms with Gasteiger partial charge in [-0.15, -0.1) is 0 Å². The monoisotopic (exact) mass is 431 g/mol. The molecule has 1 aliphatic heterocycles. The van der Waals surface area contributed by atoms with Gasteiger partial charge in [-0.25, -0.2) is 0 Å². The fourth-order valence-corrected chi connectivity index (χ4v) is 3.41. The van der Waals surface area contributed by atoms with Crippen LogP contribution in [0.4, 0.5) is 11.4 Å². The van der Waals surface area contributed by atoms with E-state index in [0.29, 0.717) is 32.3 Å². The van der Waals surface area contributed by atoms with Gasteiger partial charge in [-0.3, -0.25) is 9.69 Å². The van der Waals surface area contributed by atoms with Crippen LogP contribution in [0.1, 0.15) is 0 Å². The van der Waals surface area contributed by atoms with Crippen molar-refractivity contribution in [3.8, 4) is 0 Å². The number of carbonyl (C=O) groups excluding carboxylic acids is 1. The van der Waals surface area contributed by atoms with Crippen LogP contribution >= 0.6 is 46.4 Å². The van der Waals surface area contributed by atoms with Gasteiger partial charge in [0.05, 0.1) is 26.6 Å². The van der Waals surface area contributed by atoms with E-state index in [0.717, 1.165) is 31.9 Å². The molecule has 1 aliphatic rings. The number of hydrogen-bond donors (Lipinski definition) is 1. The van der Waals surface area contributed by atoms with Gasteiger partial charge in [-0.2, -0.15) is 0 Å². The number of halogens is 4. The highest BCUT2D eigenvalue weighted by atomic mass is 35.5. The maximum absolute atomic E-state index is 12.2. The van der Waals surface area contributed by atoms with E-state index in [4.69, 9.17) is 46.4 Å². The second-order valence-electron chi connectivity index (χ2n) is 6.04. The molecule has 1 heterocycles. The molecular weight excluding hydrogens is 416 g/mol. The van der Waals surface area contributed by atoms with Gasteiger partial charge in [0.15, 0.2) is 0 Å². The van der Waals surface area contributed by atoms with Crippen molar-refractivity contribution in [1.29, 1.82) is 0 Å². The number of piperazine rings is 1. The molecule has 0 bridgehead atoms. The summed E-state index contributed by atoms with van der Waals surface area (Å²) >= 11 is 23.9. The predicted octanol–water partition coefficient (Wildman–Crippen LogP) is 5.06. The number of nitrogens with zero attached hydrogens (tertiary/aromatic N) is 2. The van der Waals surface area contributed by atoms with Crippen molar-refractivity contribution in [3.05, 3.63) is 56.5 Å². The fraction of sp³-hybridized carbons (Fsp3) is 0.278. The Balaban J connectivity index is 1.50. The minimum Gasteiger partial charge on any atom is -0.369 e. The van der Waals surface area contributed by atoms with Crippen LogP contribution in [-0.4, -0.2) is 43.5 Å². The molecule has 0 aliphatic carbocycles. The van der Waals surface area contributed by atoms with Gasteiger partial charge in [-0.05, 0) is 36.4 Å². The van der Waals surface area contributed by atoms with E-state index in [2.05, 4.69) is 15.1 Å². The molecular formula is C18H17Cl4N3O. The van der Waals surface area contributed by atoms with E-state index >= 15 is 0 Å². The molecule has 1 amide bonds. The number of carbonyl (C=O) groups is 1. The van der Waals surface area contributed by atoms with Crippen molar-refractivity contribution in [2.24, 2.45) is 0 Å². The molecule has 0 aromatic heterocycles. The first-order chi connectivity index (χ1) is 12.4. The van der Waals surface area contributed by atoms with Crippen LogP contribution < -0.4 is 10.2 Å². The normalized spacial score (nSPS) is 15.2. The second kappa shape index (κ2) is 8.68. The number of rotatable bonds is 4. The van der Waals surface area contributed by atoms with Gasteiger partial charge in [0.25, 0.3) is 0 Å². The summed E-state index contributed by atoms with van der Waals surface area (Å²) in [6, 6.07) is 10.7. The van der Waals surface area contributed by atoms with Crippen LogP contribution in [0.3, 0.4) is 0 Å². The first-order valence-corrected chi connectivity index (χ1v) is 9.61. The van der Waals surface area contributed by atoms with Crippen molar-refractivity contribution >= 4 is 63.7 Å². The third-order valence-electron chi connectivity index (χ3n) is 4.21. The number of hydrogen-bond acceptors (Lipinski definition) is 3. The molecule has 0 atom stereocenters. The summed E-state index contributed by atoms with van der Waals surface area (Å²) < 4.78 is 0. The lowest BCUT2D eigenvalue weighted by Crippen LogP contribution is -2.48.